The number of carbonyl (C=O) groups is 4. The minimum absolute atomic E-state index is 0.361. The van der Waals surface area contributed by atoms with Crippen molar-refractivity contribution in [2.45, 2.75) is 128 Å². The van der Waals surface area contributed by atoms with Crippen LogP contribution < -0.4 is 0 Å². The van der Waals surface area contributed by atoms with Crippen molar-refractivity contribution in [1.82, 2.24) is 0 Å². The Morgan fingerprint density at radius 1 is 0.351 bits per heavy atom. The van der Waals surface area contributed by atoms with Crippen LogP contribution >= 0.6 is 0 Å². The Morgan fingerprint density at radius 2 is 0.541 bits per heavy atom. The monoisotopic (exact) mass is 628 g/mol. The summed E-state index contributed by atoms with van der Waals surface area (Å²) in [5.41, 5.74) is 0. The average molecular weight is 627 g/mol. The average Bonchev–Trinajstić information content (AvgIpc) is 2.94. The molecule has 4 aliphatic carbocycles. The Kier molecular flexibility index (Phi) is 11.0. The van der Waals surface area contributed by atoms with Gasteiger partial charge in [0.05, 0.1) is 0 Å². The first kappa shape index (κ1) is 28.7. The molecule has 0 aromatic rings. The maximum atomic E-state index is 13.3. The van der Waals surface area contributed by atoms with E-state index in [2.05, 4.69) is 0 Å². The van der Waals surface area contributed by atoms with Crippen LogP contribution in [-0.2, 0) is 31.5 Å². The molecule has 4 rings (SSSR count). The van der Waals surface area contributed by atoms with Gasteiger partial charge in [0.1, 0.15) is 0 Å². The molecule has 208 valence electrons. The van der Waals surface area contributed by atoms with Crippen LogP contribution in [0.3, 0.4) is 0 Å². The molecule has 4 saturated carbocycles. The third-order valence-electron chi connectivity index (χ3n) is 8.66. The predicted octanol–water partition coefficient (Wildman–Crippen LogP) is 5.92. The molecular formula is C28H44O8Sn. The zero-order valence-electron chi connectivity index (χ0n) is 22.2. The molecule has 4 aliphatic rings. The van der Waals surface area contributed by atoms with Crippen LogP contribution in [0, 0.1) is 23.7 Å². The number of hydrogen-bond acceptors (Lipinski definition) is 8. The minimum atomic E-state index is -5.80. The second-order valence-electron chi connectivity index (χ2n) is 11.5. The molecule has 0 unspecified atom stereocenters. The topological polar surface area (TPSA) is 105 Å². The van der Waals surface area contributed by atoms with E-state index in [9.17, 15) is 19.2 Å². The van der Waals surface area contributed by atoms with E-state index in [0.717, 1.165) is 77.0 Å². The summed E-state index contributed by atoms with van der Waals surface area (Å²) in [6.45, 7) is 0. The van der Waals surface area contributed by atoms with E-state index < -0.39 is 43.9 Å². The van der Waals surface area contributed by atoms with Gasteiger partial charge in [0, 0.05) is 0 Å². The first-order chi connectivity index (χ1) is 18.0. The van der Waals surface area contributed by atoms with E-state index in [1.54, 1.807) is 0 Å². The first-order valence-electron chi connectivity index (χ1n) is 14.9. The number of hydrogen-bond donors (Lipinski definition) is 0. The van der Waals surface area contributed by atoms with Crippen molar-refractivity contribution >= 4 is 43.9 Å². The van der Waals surface area contributed by atoms with Crippen molar-refractivity contribution in [2.75, 3.05) is 0 Å². The molecule has 0 aromatic carbocycles. The third kappa shape index (κ3) is 8.33. The van der Waals surface area contributed by atoms with Crippen LogP contribution in [-0.4, -0.2) is 43.9 Å². The van der Waals surface area contributed by atoms with Crippen molar-refractivity contribution in [3.63, 3.8) is 0 Å². The van der Waals surface area contributed by atoms with Crippen molar-refractivity contribution in [1.29, 1.82) is 0 Å². The molecule has 0 aliphatic heterocycles. The summed E-state index contributed by atoms with van der Waals surface area (Å²) in [5.74, 6) is -3.67. The third-order valence-corrected chi connectivity index (χ3v) is 13.8. The molecule has 0 aromatic heterocycles. The zero-order valence-corrected chi connectivity index (χ0v) is 25.1. The van der Waals surface area contributed by atoms with Crippen molar-refractivity contribution in [2.24, 2.45) is 23.7 Å². The van der Waals surface area contributed by atoms with Gasteiger partial charge < -0.3 is 0 Å². The SMILES string of the molecule is O=C([O][Sn]([O]C(=O)C1CCCCC1)([O]C(=O)C1CCCCC1)[O]C(=O)C1CCCCC1)C1CCCCC1. The van der Waals surface area contributed by atoms with Gasteiger partial charge in [0.2, 0.25) is 0 Å². The quantitative estimate of drug-likeness (QED) is 0.306. The summed E-state index contributed by atoms with van der Waals surface area (Å²) in [5, 5.41) is 0. The molecule has 4 fully saturated rings. The Labute approximate surface area is 226 Å². The van der Waals surface area contributed by atoms with Gasteiger partial charge in [-0.05, 0) is 0 Å². The second-order valence-corrected chi connectivity index (χ2v) is 16.7. The number of carbonyl (C=O) groups excluding carboxylic acids is 4. The van der Waals surface area contributed by atoms with E-state index in [1.165, 1.54) is 0 Å². The van der Waals surface area contributed by atoms with Gasteiger partial charge in [-0.1, -0.05) is 0 Å². The predicted molar refractivity (Wildman–Crippen MR) is 136 cm³/mol. The normalized spacial score (nSPS) is 23.1. The molecule has 0 amide bonds. The van der Waals surface area contributed by atoms with Crippen molar-refractivity contribution < 1.29 is 31.5 Å². The van der Waals surface area contributed by atoms with Gasteiger partial charge in [-0.3, -0.25) is 0 Å². The van der Waals surface area contributed by atoms with Crippen LogP contribution in [0.2, 0.25) is 0 Å². The van der Waals surface area contributed by atoms with Crippen LogP contribution in [0.1, 0.15) is 128 Å². The van der Waals surface area contributed by atoms with E-state index in [1.807, 2.05) is 0 Å². The summed E-state index contributed by atoms with van der Waals surface area (Å²) in [7, 11) is 0. The van der Waals surface area contributed by atoms with E-state index in [0.29, 0.717) is 51.4 Å². The zero-order chi connectivity index (χ0) is 26.1. The molecule has 8 nitrogen and oxygen atoms in total. The summed E-state index contributed by atoms with van der Waals surface area (Å²) in [6.07, 6.45) is 16.9. The fraction of sp³-hybridized carbons (Fsp3) is 0.857. The van der Waals surface area contributed by atoms with E-state index in [-0.39, 0.29) is 23.7 Å². The molecule has 0 spiro atoms. The molecule has 0 heterocycles. The fourth-order valence-corrected chi connectivity index (χ4v) is 11.7. The van der Waals surface area contributed by atoms with Gasteiger partial charge in [0.15, 0.2) is 0 Å². The van der Waals surface area contributed by atoms with Crippen molar-refractivity contribution in [3.8, 4) is 0 Å². The molecule has 9 heteroatoms. The molecule has 0 atom stereocenters. The standard InChI is InChI=1S/4C7H12O2.Sn/c4*8-7(9)6-4-2-1-3-5-6;/h4*6H,1-5H2,(H,8,9);/q;;;;+4/p-4. The summed E-state index contributed by atoms with van der Waals surface area (Å²) in [4.78, 5) is 53.4. The molecule has 0 N–H and O–H groups in total. The van der Waals surface area contributed by atoms with Crippen LogP contribution in [0.4, 0.5) is 0 Å². The van der Waals surface area contributed by atoms with Gasteiger partial charge >= 0.3 is 227 Å². The Bertz CT molecular complexity index is 656. The van der Waals surface area contributed by atoms with Crippen molar-refractivity contribution in [3.05, 3.63) is 0 Å². The molecule has 0 bridgehead atoms. The van der Waals surface area contributed by atoms with Gasteiger partial charge in [-0.2, -0.15) is 0 Å². The van der Waals surface area contributed by atoms with Gasteiger partial charge in [-0.15, -0.1) is 0 Å². The van der Waals surface area contributed by atoms with Gasteiger partial charge in [0.25, 0.3) is 0 Å². The summed E-state index contributed by atoms with van der Waals surface area (Å²) in [6, 6.07) is 0. The van der Waals surface area contributed by atoms with E-state index >= 15 is 0 Å². The van der Waals surface area contributed by atoms with E-state index in [4.69, 9.17) is 12.3 Å². The summed E-state index contributed by atoms with van der Waals surface area (Å²) >= 11 is -5.80. The molecule has 37 heavy (non-hydrogen) atoms. The van der Waals surface area contributed by atoms with Crippen LogP contribution in [0.5, 0.6) is 0 Å². The maximum absolute atomic E-state index is 13.3. The summed E-state index contributed by atoms with van der Waals surface area (Å²) < 4.78 is 23.6. The Balaban J connectivity index is 1.59. The van der Waals surface area contributed by atoms with Gasteiger partial charge in [-0.25, -0.2) is 0 Å². The molecular weight excluding hydrogens is 583 g/mol. The number of rotatable bonds is 8. The molecule has 0 radical (unpaired) electrons. The fourth-order valence-electron chi connectivity index (χ4n) is 6.30. The first-order valence-corrected chi connectivity index (χ1v) is 19.5. The Hall–Kier alpha value is -1.32. The molecule has 0 saturated heterocycles. The van der Waals surface area contributed by atoms with Crippen LogP contribution in [0.25, 0.3) is 0 Å². The second kappa shape index (κ2) is 14.2. The Morgan fingerprint density at radius 3 is 0.730 bits per heavy atom. The van der Waals surface area contributed by atoms with Crippen LogP contribution in [0.15, 0.2) is 0 Å².